The number of rotatable bonds is 3. The highest BCUT2D eigenvalue weighted by Gasteiger charge is 2.07. The molecule has 0 heterocycles. The van der Waals surface area contributed by atoms with Crippen LogP contribution in [-0.2, 0) is 0 Å². The van der Waals surface area contributed by atoms with Gasteiger partial charge in [0.15, 0.2) is 0 Å². The smallest absolute Gasteiger partial charge is 0.0630 e. The van der Waals surface area contributed by atoms with Crippen LogP contribution >= 0.6 is 0 Å². The molecule has 1 aliphatic carbocycles. The molecule has 0 bridgehead atoms. The van der Waals surface area contributed by atoms with Gasteiger partial charge in [-0.25, -0.2) is 0 Å². The summed E-state index contributed by atoms with van der Waals surface area (Å²) < 4.78 is 0. The van der Waals surface area contributed by atoms with E-state index in [-0.39, 0.29) is 0 Å². The third-order valence-corrected chi connectivity index (χ3v) is 2.77. The molecule has 0 unspecified atom stereocenters. The van der Waals surface area contributed by atoms with Crippen LogP contribution in [0.5, 0.6) is 0 Å². The van der Waals surface area contributed by atoms with E-state index in [9.17, 15) is 0 Å². The maximum absolute atomic E-state index is 3.45. The highest BCUT2D eigenvalue weighted by Crippen LogP contribution is 2.13. The maximum Gasteiger partial charge on any atom is 0.0630 e. The molecule has 0 radical (unpaired) electrons. The topological polar surface area (TPSA) is 24.1 Å². The fourth-order valence-electron chi connectivity index (χ4n) is 1.74. The molecule has 0 atom stereocenters. The standard InChI is InChI=1S/C14H18N2/c1-11-3-5-13(6-4-11)16-14-9-7-12(15-2)8-10-14/h3-10,12,14-16H,1-2H3. The van der Waals surface area contributed by atoms with E-state index in [1.165, 1.54) is 5.56 Å². The first-order chi connectivity index (χ1) is 7.78. The molecule has 0 fully saturated rings. The van der Waals surface area contributed by atoms with E-state index in [2.05, 4.69) is 66.1 Å². The molecule has 0 aromatic heterocycles. The van der Waals surface area contributed by atoms with Crippen LogP contribution < -0.4 is 10.6 Å². The lowest BCUT2D eigenvalue weighted by atomic mass is 10.1. The third-order valence-electron chi connectivity index (χ3n) is 2.77. The lowest BCUT2D eigenvalue weighted by molar-refractivity contribution is 0.772. The fourth-order valence-corrected chi connectivity index (χ4v) is 1.74. The lowest BCUT2D eigenvalue weighted by Crippen LogP contribution is -2.26. The lowest BCUT2D eigenvalue weighted by Gasteiger charge is -2.18. The molecule has 1 aromatic rings. The number of hydrogen-bond donors (Lipinski definition) is 2. The van der Waals surface area contributed by atoms with E-state index in [1.807, 2.05) is 7.05 Å². The van der Waals surface area contributed by atoms with Crippen LogP contribution in [0, 0.1) is 6.92 Å². The number of nitrogens with one attached hydrogen (secondary N) is 2. The third kappa shape index (κ3) is 2.74. The predicted molar refractivity (Wildman–Crippen MR) is 69.7 cm³/mol. The molecule has 16 heavy (non-hydrogen) atoms. The Hall–Kier alpha value is -1.54. The summed E-state index contributed by atoms with van der Waals surface area (Å²) in [5.41, 5.74) is 2.45. The van der Waals surface area contributed by atoms with Gasteiger partial charge in [0.1, 0.15) is 0 Å². The number of anilines is 1. The van der Waals surface area contributed by atoms with Gasteiger partial charge >= 0.3 is 0 Å². The monoisotopic (exact) mass is 214 g/mol. The zero-order valence-electron chi connectivity index (χ0n) is 9.77. The van der Waals surface area contributed by atoms with Gasteiger partial charge in [-0.15, -0.1) is 0 Å². The van der Waals surface area contributed by atoms with Gasteiger partial charge in [-0.2, -0.15) is 0 Å². The van der Waals surface area contributed by atoms with Crippen molar-refractivity contribution >= 4 is 5.69 Å². The van der Waals surface area contributed by atoms with Gasteiger partial charge in [0, 0.05) is 11.7 Å². The van der Waals surface area contributed by atoms with Crippen LogP contribution in [0.15, 0.2) is 48.6 Å². The first kappa shape index (κ1) is 11.0. The van der Waals surface area contributed by atoms with Crippen molar-refractivity contribution in [3.63, 3.8) is 0 Å². The molecule has 2 heteroatoms. The summed E-state index contributed by atoms with van der Waals surface area (Å²) in [6, 6.07) is 9.13. The van der Waals surface area contributed by atoms with Crippen LogP contribution in [-0.4, -0.2) is 19.1 Å². The normalized spacial score (nSPS) is 23.4. The van der Waals surface area contributed by atoms with Gasteiger partial charge in [0.25, 0.3) is 0 Å². The Balaban J connectivity index is 1.97. The summed E-state index contributed by atoms with van der Waals surface area (Å²) in [7, 11) is 1.97. The van der Waals surface area contributed by atoms with E-state index in [0.29, 0.717) is 12.1 Å². The minimum Gasteiger partial charge on any atom is -0.375 e. The molecule has 0 saturated carbocycles. The van der Waals surface area contributed by atoms with Gasteiger partial charge < -0.3 is 10.6 Å². The average Bonchev–Trinajstić information content (AvgIpc) is 2.33. The molecule has 2 N–H and O–H groups in total. The van der Waals surface area contributed by atoms with Gasteiger partial charge in [0.2, 0.25) is 0 Å². The zero-order chi connectivity index (χ0) is 11.4. The molecule has 1 aromatic carbocycles. The summed E-state index contributed by atoms with van der Waals surface area (Å²) in [5.74, 6) is 0. The predicted octanol–water partition coefficient (Wildman–Crippen LogP) is 2.49. The molecule has 2 nitrogen and oxygen atoms in total. The van der Waals surface area contributed by atoms with Crippen molar-refractivity contribution in [2.24, 2.45) is 0 Å². The molecule has 1 aliphatic rings. The molecule has 0 spiro atoms. The molecule has 2 rings (SSSR count). The summed E-state index contributed by atoms with van der Waals surface area (Å²) in [5, 5.41) is 6.65. The average molecular weight is 214 g/mol. The first-order valence-corrected chi connectivity index (χ1v) is 5.65. The van der Waals surface area contributed by atoms with E-state index in [1.54, 1.807) is 0 Å². The Morgan fingerprint density at radius 3 is 2.00 bits per heavy atom. The largest absolute Gasteiger partial charge is 0.375 e. The van der Waals surface area contributed by atoms with Crippen molar-refractivity contribution in [1.29, 1.82) is 0 Å². The van der Waals surface area contributed by atoms with E-state index < -0.39 is 0 Å². The van der Waals surface area contributed by atoms with Gasteiger partial charge in [0.05, 0.1) is 6.04 Å². The molecular formula is C14H18N2. The summed E-state index contributed by atoms with van der Waals surface area (Å²) in [6.45, 7) is 2.10. The number of aryl methyl sites for hydroxylation is 1. The maximum atomic E-state index is 3.45. The second-order valence-corrected chi connectivity index (χ2v) is 4.12. The Labute approximate surface area is 97.1 Å². The summed E-state index contributed by atoms with van der Waals surface area (Å²) in [4.78, 5) is 0. The highest BCUT2D eigenvalue weighted by atomic mass is 14.9. The molecule has 0 saturated heterocycles. The summed E-state index contributed by atoms with van der Waals surface area (Å²) >= 11 is 0. The molecular weight excluding hydrogens is 196 g/mol. The van der Waals surface area contributed by atoms with Crippen molar-refractivity contribution in [2.45, 2.75) is 19.0 Å². The van der Waals surface area contributed by atoms with E-state index in [4.69, 9.17) is 0 Å². The van der Waals surface area contributed by atoms with E-state index >= 15 is 0 Å². The first-order valence-electron chi connectivity index (χ1n) is 5.65. The summed E-state index contributed by atoms with van der Waals surface area (Å²) in [6.07, 6.45) is 8.71. The zero-order valence-corrected chi connectivity index (χ0v) is 9.77. The minimum absolute atomic E-state index is 0.298. The number of benzene rings is 1. The van der Waals surface area contributed by atoms with Crippen molar-refractivity contribution in [1.82, 2.24) is 5.32 Å². The fraction of sp³-hybridized carbons (Fsp3) is 0.286. The SMILES string of the molecule is CNC1C=CC(Nc2ccc(C)cc2)C=C1. The van der Waals surface area contributed by atoms with Gasteiger partial charge in [-0.3, -0.25) is 0 Å². The quantitative estimate of drug-likeness (QED) is 0.755. The minimum atomic E-state index is 0.298. The van der Waals surface area contributed by atoms with Crippen LogP contribution in [0.2, 0.25) is 0 Å². The molecule has 84 valence electrons. The second-order valence-electron chi connectivity index (χ2n) is 4.12. The van der Waals surface area contributed by atoms with Crippen LogP contribution in [0.1, 0.15) is 5.56 Å². The number of likely N-dealkylation sites (N-methyl/N-ethyl adjacent to an activating group) is 1. The Kier molecular flexibility index (Phi) is 3.42. The van der Waals surface area contributed by atoms with Crippen molar-refractivity contribution in [3.05, 3.63) is 54.1 Å². The second kappa shape index (κ2) is 4.99. The number of hydrogen-bond acceptors (Lipinski definition) is 2. The Morgan fingerprint density at radius 2 is 1.44 bits per heavy atom. The van der Waals surface area contributed by atoms with Crippen LogP contribution in [0.25, 0.3) is 0 Å². The van der Waals surface area contributed by atoms with Crippen molar-refractivity contribution < 1.29 is 0 Å². The molecule has 0 aliphatic heterocycles. The van der Waals surface area contributed by atoms with Crippen molar-refractivity contribution in [3.8, 4) is 0 Å². The Bertz CT molecular complexity index is 376. The van der Waals surface area contributed by atoms with Gasteiger partial charge in [-0.1, -0.05) is 42.0 Å². The van der Waals surface area contributed by atoms with E-state index in [0.717, 1.165) is 5.69 Å². The molecule has 0 amide bonds. The highest BCUT2D eigenvalue weighted by molar-refractivity contribution is 5.47. The Morgan fingerprint density at radius 1 is 0.875 bits per heavy atom. The van der Waals surface area contributed by atoms with Crippen molar-refractivity contribution in [2.75, 3.05) is 12.4 Å². The van der Waals surface area contributed by atoms with Crippen LogP contribution in [0.4, 0.5) is 5.69 Å². The van der Waals surface area contributed by atoms with Gasteiger partial charge in [-0.05, 0) is 26.1 Å². The van der Waals surface area contributed by atoms with Crippen LogP contribution in [0.3, 0.4) is 0 Å².